The Labute approximate surface area is 79.4 Å². The van der Waals surface area contributed by atoms with Crippen LogP contribution < -0.4 is 5.69 Å². The van der Waals surface area contributed by atoms with Gasteiger partial charge in [0, 0.05) is 6.42 Å². The first-order chi connectivity index (χ1) is 6.74. The molecule has 5 heteroatoms. The smallest absolute Gasteiger partial charge is 0.340 e. The van der Waals surface area contributed by atoms with E-state index in [1.54, 1.807) is 24.3 Å². The number of hydrogen-bond acceptors (Lipinski definition) is 3. The number of nitrogens with one attached hydrogen (secondary N) is 2. The lowest BCUT2D eigenvalue weighted by molar-refractivity contribution is 0.475. The summed E-state index contributed by atoms with van der Waals surface area (Å²) < 4.78 is 0. The van der Waals surface area contributed by atoms with E-state index in [2.05, 4.69) is 15.2 Å². The van der Waals surface area contributed by atoms with Crippen LogP contribution in [0.2, 0.25) is 0 Å². The first kappa shape index (κ1) is 8.55. The summed E-state index contributed by atoms with van der Waals surface area (Å²) in [5.74, 6) is 0.810. The van der Waals surface area contributed by atoms with Crippen LogP contribution in [0.5, 0.6) is 5.75 Å². The summed E-state index contributed by atoms with van der Waals surface area (Å²) in [4.78, 5) is 13.3. The van der Waals surface area contributed by atoms with Crippen LogP contribution in [-0.2, 0) is 6.42 Å². The van der Waals surface area contributed by atoms with Gasteiger partial charge in [0.2, 0.25) is 0 Å². The average Bonchev–Trinajstić information content (AvgIpc) is 2.56. The van der Waals surface area contributed by atoms with Crippen molar-refractivity contribution in [2.75, 3.05) is 0 Å². The number of benzene rings is 1. The van der Waals surface area contributed by atoms with E-state index in [-0.39, 0.29) is 11.4 Å². The third kappa shape index (κ3) is 1.82. The molecular weight excluding hydrogens is 182 g/mol. The maximum Gasteiger partial charge on any atom is 0.340 e. The molecule has 0 spiro atoms. The van der Waals surface area contributed by atoms with Crippen LogP contribution in [-0.4, -0.2) is 20.3 Å². The van der Waals surface area contributed by atoms with Crippen molar-refractivity contribution in [2.45, 2.75) is 6.42 Å². The standard InChI is InChI=1S/C9H9N3O2/c13-7-3-1-6(2-4-7)5-8-10-9(14)12-11-8/h1-4,13H,5H2,(H2,10,11,12,14). The molecule has 0 saturated carbocycles. The lowest BCUT2D eigenvalue weighted by Crippen LogP contribution is -2.01. The van der Waals surface area contributed by atoms with Crippen molar-refractivity contribution in [1.29, 1.82) is 0 Å². The molecule has 1 aromatic carbocycles. The highest BCUT2D eigenvalue weighted by molar-refractivity contribution is 5.27. The van der Waals surface area contributed by atoms with Gasteiger partial charge in [0.05, 0.1) is 0 Å². The topological polar surface area (TPSA) is 81.8 Å². The number of aromatic nitrogens is 3. The summed E-state index contributed by atoms with van der Waals surface area (Å²) in [6.07, 6.45) is 0.541. The Morgan fingerprint density at radius 1 is 1.29 bits per heavy atom. The lowest BCUT2D eigenvalue weighted by atomic mass is 10.1. The van der Waals surface area contributed by atoms with Gasteiger partial charge >= 0.3 is 5.69 Å². The Morgan fingerprint density at radius 3 is 2.57 bits per heavy atom. The Balaban J connectivity index is 2.19. The fourth-order valence-electron chi connectivity index (χ4n) is 1.20. The molecule has 0 amide bonds. The highest BCUT2D eigenvalue weighted by Crippen LogP contribution is 2.11. The zero-order valence-electron chi connectivity index (χ0n) is 7.32. The first-order valence-electron chi connectivity index (χ1n) is 4.15. The van der Waals surface area contributed by atoms with E-state index in [9.17, 15) is 4.79 Å². The van der Waals surface area contributed by atoms with Crippen molar-refractivity contribution in [3.8, 4) is 5.75 Å². The molecule has 0 atom stereocenters. The Kier molecular flexibility index (Phi) is 2.06. The van der Waals surface area contributed by atoms with Gasteiger partial charge in [-0.15, -0.1) is 0 Å². The minimum absolute atomic E-state index is 0.226. The third-order valence-corrected chi connectivity index (χ3v) is 1.86. The van der Waals surface area contributed by atoms with E-state index in [1.807, 2.05) is 0 Å². The maximum atomic E-state index is 10.7. The number of rotatable bonds is 2. The monoisotopic (exact) mass is 191 g/mol. The van der Waals surface area contributed by atoms with E-state index < -0.39 is 0 Å². The van der Waals surface area contributed by atoms with Crippen molar-refractivity contribution in [3.05, 3.63) is 46.1 Å². The predicted molar refractivity (Wildman–Crippen MR) is 50.1 cm³/mol. The van der Waals surface area contributed by atoms with Gasteiger partial charge in [-0.25, -0.2) is 9.89 Å². The summed E-state index contributed by atoms with van der Waals surface area (Å²) in [7, 11) is 0. The quantitative estimate of drug-likeness (QED) is 0.642. The fraction of sp³-hybridized carbons (Fsp3) is 0.111. The van der Waals surface area contributed by atoms with Crippen molar-refractivity contribution in [2.24, 2.45) is 0 Å². The van der Waals surface area contributed by atoms with Crippen LogP contribution in [0.4, 0.5) is 0 Å². The molecule has 1 heterocycles. The van der Waals surface area contributed by atoms with E-state index in [4.69, 9.17) is 5.11 Å². The number of nitrogens with zero attached hydrogens (tertiary/aromatic N) is 1. The number of phenolic OH excluding ortho intramolecular Hbond substituents is 1. The number of phenols is 1. The number of H-pyrrole nitrogens is 2. The first-order valence-corrected chi connectivity index (χ1v) is 4.15. The van der Waals surface area contributed by atoms with E-state index in [0.29, 0.717) is 12.2 Å². The lowest BCUT2D eigenvalue weighted by Gasteiger charge is -1.97. The Bertz CT molecular complexity index is 469. The van der Waals surface area contributed by atoms with Gasteiger partial charge in [-0.3, -0.25) is 4.98 Å². The second kappa shape index (κ2) is 3.37. The second-order valence-electron chi connectivity index (χ2n) is 2.97. The molecule has 0 aliphatic carbocycles. The zero-order valence-corrected chi connectivity index (χ0v) is 7.32. The molecule has 0 radical (unpaired) electrons. The molecule has 72 valence electrons. The molecule has 0 bridgehead atoms. The van der Waals surface area contributed by atoms with Crippen LogP contribution in [0.25, 0.3) is 0 Å². The molecule has 3 N–H and O–H groups in total. The van der Waals surface area contributed by atoms with Gasteiger partial charge in [0.1, 0.15) is 11.6 Å². The summed E-state index contributed by atoms with van der Waals surface area (Å²) in [5.41, 5.74) is 0.671. The minimum atomic E-state index is -0.307. The number of aromatic amines is 2. The van der Waals surface area contributed by atoms with Crippen molar-refractivity contribution in [1.82, 2.24) is 15.2 Å². The van der Waals surface area contributed by atoms with Crippen LogP contribution in [0.3, 0.4) is 0 Å². The van der Waals surface area contributed by atoms with Crippen LogP contribution in [0, 0.1) is 0 Å². The molecule has 1 aromatic heterocycles. The van der Waals surface area contributed by atoms with Crippen molar-refractivity contribution >= 4 is 0 Å². The van der Waals surface area contributed by atoms with Crippen LogP contribution in [0.1, 0.15) is 11.4 Å². The second-order valence-corrected chi connectivity index (χ2v) is 2.97. The Hall–Kier alpha value is -2.04. The molecular formula is C9H9N3O2. The average molecular weight is 191 g/mol. The third-order valence-electron chi connectivity index (χ3n) is 1.86. The van der Waals surface area contributed by atoms with E-state index >= 15 is 0 Å². The summed E-state index contributed by atoms with van der Waals surface area (Å²) in [6, 6.07) is 6.75. The van der Waals surface area contributed by atoms with Crippen LogP contribution in [0.15, 0.2) is 29.1 Å². The van der Waals surface area contributed by atoms with Gasteiger partial charge in [0.15, 0.2) is 0 Å². The molecule has 0 unspecified atom stereocenters. The molecule has 0 aliphatic heterocycles. The molecule has 5 nitrogen and oxygen atoms in total. The fourth-order valence-corrected chi connectivity index (χ4v) is 1.20. The molecule has 2 rings (SSSR count). The molecule has 2 aromatic rings. The normalized spacial score (nSPS) is 10.3. The van der Waals surface area contributed by atoms with E-state index in [0.717, 1.165) is 5.56 Å². The van der Waals surface area contributed by atoms with Gasteiger partial charge in [0.25, 0.3) is 0 Å². The maximum absolute atomic E-state index is 10.7. The van der Waals surface area contributed by atoms with Crippen molar-refractivity contribution < 1.29 is 5.11 Å². The van der Waals surface area contributed by atoms with Gasteiger partial charge in [-0.2, -0.15) is 5.10 Å². The highest BCUT2D eigenvalue weighted by atomic mass is 16.3. The SMILES string of the molecule is O=c1[nH]nc(Cc2ccc(O)cc2)[nH]1. The largest absolute Gasteiger partial charge is 0.508 e. The van der Waals surface area contributed by atoms with E-state index in [1.165, 1.54) is 0 Å². The number of hydrogen-bond donors (Lipinski definition) is 3. The molecule has 0 fully saturated rings. The van der Waals surface area contributed by atoms with Crippen LogP contribution >= 0.6 is 0 Å². The molecule has 0 aliphatic rings. The van der Waals surface area contributed by atoms with Crippen molar-refractivity contribution in [3.63, 3.8) is 0 Å². The summed E-state index contributed by atoms with van der Waals surface area (Å²) in [6.45, 7) is 0. The zero-order chi connectivity index (χ0) is 9.97. The summed E-state index contributed by atoms with van der Waals surface area (Å²) >= 11 is 0. The molecule has 0 saturated heterocycles. The highest BCUT2D eigenvalue weighted by Gasteiger charge is 1.99. The van der Waals surface area contributed by atoms with Gasteiger partial charge in [-0.05, 0) is 17.7 Å². The molecule has 14 heavy (non-hydrogen) atoms. The van der Waals surface area contributed by atoms with Gasteiger partial charge in [-0.1, -0.05) is 12.1 Å². The predicted octanol–water partition coefficient (Wildman–Crippen LogP) is 0.394. The van der Waals surface area contributed by atoms with Gasteiger partial charge < -0.3 is 5.11 Å². The minimum Gasteiger partial charge on any atom is -0.508 e. The Morgan fingerprint density at radius 2 is 2.00 bits per heavy atom. The summed E-state index contributed by atoms with van der Waals surface area (Å²) in [5, 5.41) is 15.1. The number of aromatic hydroxyl groups is 1.